The second-order valence-electron chi connectivity index (χ2n) is 7.69. The number of carbonyl (C=O) groups is 3. The highest BCUT2D eigenvalue weighted by atomic mass is 35.5. The number of nitrogens with one attached hydrogen (secondary N) is 1. The van der Waals surface area contributed by atoms with Crippen LogP contribution in [0.1, 0.15) is 25.8 Å². The summed E-state index contributed by atoms with van der Waals surface area (Å²) in [5.74, 6) is -0.756. The molecule has 0 aliphatic carbocycles. The van der Waals surface area contributed by atoms with Gasteiger partial charge >= 0.3 is 12.0 Å². The van der Waals surface area contributed by atoms with Crippen LogP contribution < -0.4 is 10.2 Å². The summed E-state index contributed by atoms with van der Waals surface area (Å²) in [6, 6.07) is 5.07. The third-order valence-electron chi connectivity index (χ3n) is 5.57. The van der Waals surface area contributed by atoms with Crippen molar-refractivity contribution in [3.8, 4) is 0 Å². The molecule has 1 saturated heterocycles. The topological polar surface area (TPSA) is 91.8 Å². The van der Waals surface area contributed by atoms with Crippen LogP contribution in [-0.4, -0.2) is 53.5 Å². The number of anilines is 2. The number of ether oxygens (including phenoxy) is 1. The van der Waals surface area contributed by atoms with Crippen LogP contribution in [0.2, 0.25) is 9.36 Å². The van der Waals surface area contributed by atoms with Crippen LogP contribution in [0.5, 0.6) is 0 Å². The summed E-state index contributed by atoms with van der Waals surface area (Å²) >= 11 is 13.4. The molecule has 164 valence electrons. The molecule has 4 rings (SSSR count). The van der Waals surface area contributed by atoms with Crippen molar-refractivity contribution in [3.05, 3.63) is 39.3 Å². The van der Waals surface area contributed by atoms with Gasteiger partial charge < -0.3 is 9.64 Å². The molecule has 1 N–H and O–H groups in total. The van der Waals surface area contributed by atoms with Crippen LogP contribution in [0.3, 0.4) is 0 Å². The summed E-state index contributed by atoms with van der Waals surface area (Å²) in [7, 11) is 0. The maximum atomic E-state index is 13.0. The van der Waals surface area contributed by atoms with Crippen molar-refractivity contribution in [2.24, 2.45) is 0 Å². The van der Waals surface area contributed by atoms with E-state index in [0.717, 1.165) is 11.3 Å². The molecule has 0 saturated carbocycles. The summed E-state index contributed by atoms with van der Waals surface area (Å²) in [5, 5.41) is 3.75. The number of esters is 1. The summed E-state index contributed by atoms with van der Waals surface area (Å²) in [6.07, 6.45) is 1.28. The van der Waals surface area contributed by atoms with Crippen LogP contribution in [-0.2, 0) is 19.7 Å². The lowest BCUT2D eigenvalue weighted by atomic mass is 9.81. The van der Waals surface area contributed by atoms with Gasteiger partial charge in [-0.3, -0.25) is 19.8 Å². The van der Waals surface area contributed by atoms with Gasteiger partial charge in [0.05, 0.1) is 6.20 Å². The molecule has 31 heavy (non-hydrogen) atoms. The summed E-state index contributed by atoms with van der Waals surface area (Å²) in [4.78, 5) is 44.4. The quantitative estimate of drug-likeness (QED) is 0.669. The number of likely N-dealkylation sites (tertiary alicyclic amines) is 1. The smallest absolute Gasteiger partial charge is 0.328 e. The Labute approximate surface area is 193 Å². The normalized spacial score (nSPS) is 20.6. The Balaban J connectivity index is 1.58. The van der Waals surface area contributed by atoms with Crippen molar-refractivity contribution in [3.63, 3.8) is 0 Å². The number of urea groups is 1. The molecule has 3 amide bonds. The lowest BCUT2D eigenvalue weighted by Crippen LogP contribution is -2.43. The summed E-state index contributed by atoms with van der Waals surface area (Å²) < 4.78 is 5.53. The molecule has 1 aromatic heterocycles. The van der Waals surface area contributed by atoms with Crippen molar-refractivity contribution in [1.82, 2.24) is 9.88 Å². The zero-order valence-corrected chi connectivity index (χ0v) is 19.2. The zero-order valence-electron chi connectivity index (χ0n) is 16.9. The monoisotopic (exact) mass is 482 g/mol. The number of benzene rings is 1. The van der Waals surface area contributed by atoms with Crippen LogP contribution >= 0.6 is 34.5 Å². The number of fused-ring (bicyclic) bond motifs is 2. The molecule has 11 heteroatoms. The Kier molecular flexibility index (Phi) is 5.85. The lowest BCUT2D eigenvalue weighted by molar-refractivity contribution is -0.156. The molecule has 1 fully saturated rings. The second kappa shape index (κ2) is 8.29. The SMILES string of the molecule is CC(=O)O[C@H](C)C(=O)N1CCC2(C1)CN(C(=O)Nc1ncc(Cl)s1)c1ccc(Cl)cc12. The first kappa shape index (κ1) is 21.9. The first-order valence-corrected chi connectivity index (χ1v) is 11.2. The second-order valence-corrected chi connectivity index (χ2v) is 9.79. The molecule has 1 aromatic carbocycles. The molecule has 2 aromatic rings. The molecule has 0 radical (unpaired) electrons. The van der Waals surface area contributed by atoms with Crippen molar-refractivity contribution < 1.29 is 19.1 Å². The standard InChI is InChI=1S/C20H20Cl2N4O4S/c1-11(30-12(2)27)17(28)25-6-5-20(9-25)10-26(15-4-3-13(21)7-14(15)20)19(29)24-18-23-8-16(22)31-18/h3-4,7-8,11H,5-6,9-10H2,1-2H3,(H,23,24,29)/t11-,20?/m1/s1. The number of carbonyl (C=O) groups excluding carboxylic acids is 3. The van der Waals surface area contributed by atoms with Gasteiger partial charge in [-0.05, 0) is 37.1 Å². The highest BCUT2D eigenvalue weighted by Crippen LogP contribution is 2.47. The maximum absolute atomic E-state index is 13.0. The minimum atomic E-state index is -0.859. The van der Waals surface area contributed by atoms with E-state index in [9.17, 15) is 14.4 Å². The largest absolute Gasteiger partial charge is 0.453 e. The molecular formula is C20H20Cl2N4O4S. The minimum Gasteiger partial charge on any atom is -0.453 e. The van der Waals surface area contributed by atoms with E-state index in [4.69, 9.17) is 27.9 Å². The average Bonchev–Trinajstić information content (AvgIpc) is 3.39. The third-order valence-corrected chi connectivity index (χ3v) is 6.84. The van der Waals surface area contributed by atoms with E-state index in [-0.39, 0.29) is 11.9 Å². The van der Waals surface area contributed by atoms with E-state index < -0.39 is 17.5 Å². The molecule has 1 spiro atoms. The van der Waals surface area contributed by atoms with Gasteiger partial charge in [0.1, 0.15) is 4.34 Å². The van der Waals surface area contributed by atoms with Gasteiger partial charge in [-0.1, -0.05) is 34.5 Å². The Morgan fingerprint density at radius 1 is 1.29 bits per heavy atom. The molecule has 2 aliphatic heterocycles. The Morgan fingerprint density at radius 3 is 2.74 bits per heavy atom. The fraction of sp³-hybridized carbons (Fsp3) is 0.400. The molecule has 3 heterocycles. The fourth-order valence-electron chi connectivity index (χ4n) is 4.26. The van der Waals surface area contributed by atoms with E-state index >= 15 is 0 Å². The molecule has 0 bridgehead atoms. The minimum absolute atomic E-state index is 0.254. The van der Waals surface area contributed by atoms with Crippen LogP contribution in [0.15, 0.2) is 24.4 Å². The van der Waals surface area contributed by atoms with Gasteiger partial charge in [0.25, 0.3) is 5.91 Å². The number of aromatic nitrogens is 1. The van der Waals surface area contributed by atoms with Crippen LogP contribution in [0.4, 0.5) is 15.6 Å². The number of nitrogens with zero attached hydrogens (tertiary/aromatic N) is 3. The fourth-order valence-corrected chi connectivity index (χ4v) is 5.23. The van der Waals surface area contributed by atoms with Crippen molar-refractivity contribution >= 4 is 63.3 Å². The number of hydrogen-bond donors (Lipinski definition) is 1. The van der Waals surface area contributed by atoms with Gasteiger partial charge in [-0.25, -0.2) is 9.78 Å². The number of rotatable bonds is 3. The highest BCUT2D eigenvalue weighted by Gasteiger charge is 2.50. The van der Waals surface area contributed by atoms with Crippen molar-refractivity contribution in [2.75, 3.05) is 29.9 Å². The van der Waals surface area contributed by atoms with Gasteiger partial charge in [-0.15, -0.1) is 0 Å². The first-order valence-electron chi connectivity index (χ1n) is 9.64. The Morgan fingerprint density at radius 2 is 2.06 bits per heavy atom. The van der Waals surface area contributed by atoms with E-state index in [2.05, 4.69) is 10.3 Å². The number of hydrogen-bond acceptors (Lipinski definition) is 6. The van der Waals surface area contributed by atoms with Gasteiger partial charge in [0.15, 0.2) is 11.2 Å². The van der Waals surface area contributed by atoms with E-state index in [1.807, 2.05) is 12.1 Å². The van der Waals surface area contributed by atoms with E-state index in [0.29, 0.717) is 40.5 Å². The van der Waals surface area contributed by atoms with Crippen LogP contribution in [0.25, 0.3) is 0 Å². The van der Waals surface area contributed by atoms with Crippen molar-refractivity contribution in [1.29, 1.82) is 0 Å². The third kappa shape index (κ3) is 4.22. The Hall–Kier alpha value is -2.36. The molecule has 2 atom stereocenters. The van der Waals surface area contributed by atoms with Crippen molar-refractivity contribution in [2.45, 2.75) is 31.8 Å². The average molecular weight is 483 g/mol. The first-order chi connectivity index (χ1) is 14.7. The summed E-state index contributed by atoms with van der Waals surface area (Å²) in [5.41, 5.74) is 1.21. The number of thiazole rings is 1. The number of amides is 3. The van der Waals surface area contributed by atoms with Gasteiger partial charge in [-0.2, -0.15) is 0 Å². The number of halogens is 2. The summed E-state index contributed by atoms with van der Waals surface area (Å²) in [6.45, 7) is 4.12. The molecule has 1 unspecified atom stereocenters. The predicted molar refractivity (Wildman–Crippen MR) is 119 cm³/mol. The molecular weight excluding hydrogens is 463 g/mol. The van der Waals surface area contributed by atoms with Gasteiger partial charge in [0.2, 0.25) is 0 Å². The predicted octanol–water partition coefficient (Wildman–Crippen LogP) is 3.92. The van der Waals surface area contributed by atoms with E-state index in [1.165, 1.54) is 24.5 Å². The molecule has 2 aliphatic rings. The maximum Gasteiger partial charge on any atom is 0.328 e. The van der Waals surface area contributed by atoms with Crippen LogP contribution in [0, 0.1) is 0 Å². The highest BCUT2D eigenvalue weighted by molar-refractivity contribution is 7.19. The zero-order chi connectivity index (χ0) is 22.3. The van der Waals surface area contributed by atoms with Gasteiger partial charge in [0, 0.05) is 42.7 Å². The Bertz CT molecular complexity index is 1060. The van der Waals surface area contributed by atoms with E-state index in [1.54, 1.807) is 22.8 Å². The molecule has 8 nitrogen and oxygen atoms in total. The lowest BCUT2D eigenvalue weighted by Gasteiger charge is -2.26.